The van der Waals surface area contributed by atoms with Crippen LogP contribution >= 0.6 is 0 Å². The number of hydrogen-bond donors (Lipinski definition) is 2. The molecule has 0 aromatic carbocycles. The molecule has 0 bridgehead atoms. The first-order valence-corrected chi connectivity index (χ1v) is 6.76. The van der Waals surface area contributed by atoms with Crippen LogP contribution < -0.4 is 11.1 Å². The fourth-order valence-corrected chi connectivity index (χ4v) is 3.11. The van der Waals surface area contributed by atoms with Crippen LogP contribution in [-0.2, 0) is 4.79 Å². The molecule has 2 fully saturated rings. The van der Waals surface area contributed by atoms with Crippen molar-refractivity contribution in [3.05, 3.63) is 0 Å². The Balaban J connectivity index is 1.60. The molecule has 0 aromatic heterocycles. The molecule has 2 unspecified atom stereocenters. The minimum atomic E-state index is 0.257. The molecule has 0 aliphatic heterocycles. The highest BCUT2D eigenvalue weighted by molar-refractivity contribution is 5.76. The van der Waals surface area contributed by atoms with Crippen LogP contribution in [0.4, 0.5) is 0 Å². The number of rotatable bonds is 4. The van der Waals surface area contributed by atoms with Crippen LogP contribution in [0, 0.1) is 11.8 Å². The highest BCUT2D eigenvalue weighted by Crippen LogP contribution is 2.27. The zero-order valence-corrected chi connectivity index (χ0v) is 10.1. The highest BCUT2D eigenvalue weighted by atomic mass is 16.1. The van der Waals surface area contributed by atoms with Crippen LogP contribution in [0.3, 0.4) is 0 Å². The monoisotopic (exact) mass is 224 g/mol. The van der Waals surface area contributed by atoms with Crippen molar-refractivity contribution in [3.8, 4) is 0 Å². The van der Waals surface area contributed by atoms with Crippen LogP contribution in [0.25, 0.3) is 0 Å². The summed E-state index contributed by atoms with van der Waals surface area (Å²) < 4.78 is 0. The molecule has 16 heavy (non-hydrogen) atoms. The molecule has 3 heteroatoms. The second-order valence-corrected chi connectivity index (χ2v) is 5.60. The third kappa shape index (κ3) is 3.48. The topological polar surface area (TPSA) is 55.1 Å². The number of hydrogen-bond acceptors (Lipinski definition) is 2. The molecular formula is C13H24N2O. The second kappa shape index (κ2) is 5.67. The van der Waals surface area contributed by atoms with Gasteiger partial charge in [-0.2, -0.15) is 0 Å². The van der Waals surface area contributed by atoms with Crippen LogP contribution in [-0.4, -0.2) is 18.5 Å². The Kier molecular flexibility index (Phi) is 4.22. The summed E-state index contributed by atoms with van der Waals surface area (Å²) in [6.07, 6.45) is 9.28. The van der Waals surface area contributed by atoms with E-state index >= 15 is 0 Å². The van der Waals surface area contributed by atoms with Gasteiger partial charge < -0.3 is 11.1 Å². The van der Waals surface area contributed by atoms with E-state index in [0.29, 0.717) is 17.9 Å². The maximum absolute atomic E-state index is 11.7. The van der Waals surface area contributed by atoms with Crippen LogP contribution in [0.1, 0.15) is 51.4 Å². The smallest absolute Gasteiger partial charge is 0.220 e. The van der Waals surface area contributed by atoms with Crippen molar-refractivity contribution in [2.75, 3.05) is 6.54 Å². The lowest BCUT2D eigenvalue weighted by molar-refractivity contribution is -0.122. The van der Waals surface area contributed by atoms with E-state index in [1.165, 1.54) is 32.1 Å². The summed E-state index contributed by atoms with van der Waals surface area (Å²) in [5.74, 6) is 1.54. The van der Waals surface area contributed by atoms with Crippen molar-refractivity contribution in [3.63, 3.8) is 0 Å². The van der Waals surface area contributed by atoms with Gasteiger partial charge in [0.05, 0.1) is 0 Å². The predicted octanol–water partition coefficient (Wildman–Crippen LogP) is 1.81. The van der Waals surface area contributed by atoms with E-state index < -0.39 is 0 Å². The number of carbonyl (C=O) groups is 1. The molecule has 0 saturated heterocycles. The molecule has 2 rings (SSSR count). The van der Waals surface area contributed by atoms with Crippen molar-refractivity contribution < 1.29 is 4.79 Å². The van der Waals surface area contributed by atoms with E-state index in [9.17, 15) is 4.79 Å². The Morgan fingerprint density at radius 1 is 1.12 bits per heavy atom. The van der Waals surface area contributed by atoms with Crippen molar-refractivity contribution in [1.29, 1.82) is 0 Å². The molecule has 2 saturated carbocycles. The van der Waals surface area contributed by atoms with Crippen LogP contribution in [0.15, 0.2) is 0 Å². The van der Waals surface area contributed by atoms with Crippen molar-refractivity contribution in [2.45, 2.75) is 57.4 Å². The van der Waals surface area contributed by atoms with Gasteiger partial charge in [-0.3, -0.25) is 4.79 Å². The summed E-state index contributed by atoms with van der Waals surface area (Å²) in [6.45, 7) is 0.846. The first kappa shape index (κ1) is 11.9. The quantitative estimate of drug-likeness (QED) is 0.765. The lowest BCUT2D eigenvalue weighted by atomic mass is 10.0. The molecule has 2 atom stereocenters. The van der Waals surface area contributed by atoms with Gasteiger partial charge in [0.2, 0.25) is 5.91 Å². The van der Waals surface area contributed by atoms with E-state index in [-0.39, 0.29) is 5.91 Å². The summed E-state index contributed by atoms with van der Waals surface area (Å²) in [6, 6.07) is 0.372. The van der Waals surface area contributed by atoms with E-state index in [1.807, 2.05) is 0 Å². The van der Waals surface area contributed by atoms with Crippen molar-refractivity contribution in [2.24, 2.45) is 17.6 Å². The summed E-state index contributed by atoms with van der Waals surface area (Å²) in [7, 11) is 0. The van der Waals surface area contributed by atoms with Gasteiger partial charge >= 0.3 is 0 Å². The molecule has 2 aliphatic carbocycles. The molecule has 2 aliphatic rings. The standard InChI is InChI=1S/C13H24N2O/c14-12-6-5-11(7-12)9-15-13(16)8-10-3-1-2-4-10/h10-12H,1-9,14H2,(H,15,16). The Hall–Kier alpha value is -0.570. The first-order chi connectivity index (χ1) is 7.74. The van der Waals surface area contributed by atoms with Crippen molar-refractivity contribution >= 4 is 5.91 Å². The van der Waals surface area contributed by atoms with Gasteiger partial charge in [0.15, 0.2) is 0 Å². The summed E-state index contributed by atoms with van der Waals surface area (Å²) in [5, 5.41) is 3.08. The second-order valence-electron chi connectivity index (χ2n) is 5.60. The van der Waals surface area contributed by atoms with Crippen molar-refractivity contribution in [1.82, 2.24) is 5.32 Å². The van der Waals surface area contributed by atoms with E-state index in [4.69, 9.17) is 5.73 Å². The molecule has 0 spiro atoms. The molecule has 1 amide bonds. The molecule has 3 nitrogen and oxygen atoms in total. The Labute approximate surface area is 98.2 Å². The fourth-order valence-electron chi connectivity index (χ4n) is 3.11. The summed E-state index contributed by atoms with van der Waals surface area (Å²) in [4.78, 5) is 11.7. The molecular weight excluding hydrogens is 200 g/mol. The van der Waals surface area contributed by atoms with E-state index in [0.717, 1.165) is 25.8 Å². The number of amides is 1. The fraction of sp³-hybridized carbons (Fsp3) is 0.923. The average Bonchev–Trinajstić information content (AvgIpc) is 2.87. The van der Waals surface area contributed by atoms with Gasteiger partial charge in [-0.15, -0.1) is 0 Å². The normalized spacial score (nSPS) is 30.8. The molecule has 0 radical (unpaired) electrons. The van der Waals surface area contributed by atoms with E-state index in [1.54, 1.807) is 0 Å². The SMILES string of the molecule is NC1CCC(CNC(=O)CC2CCCC2)C1. The molecule has 0 aromatic rings. The van der Waals surface area contributed by atoms with Gasteiger partial charge in [0.1, 0.15) is 0 Å². The maximum atomic E-state index is 11.7. The highest BCUT2D eigenvalue weighted by Gasteiger charge is 2.23. The molecule has 92 valence electrons. The van der Waals surface area contributed by atoms with Gasteiger partial charge in [-0.05, 0) is 43.9 Å². The van der Waals surface area contributed by atoms with Gasteiger partial charge in [-0.25, -0.2) is 0 Å². The lowest BCUT2D eigenvalue weighted by Crippen LogP contribution is -2.30. The zero-order chi connectivity index (χ0) is 11.4. The Bertz CT molecular complexity index is 236. The van der Waals surface area contributed by atoms with Crippen LogP contribution in [0.5, 0.6) is 0 Å². The molecule has 3 N–H and O–H groups in total. The summed E-state index contributed by atoms with van der Waals surface area (Å²) >= 11 is 0. The van der Waals surface area contributed by atoms with E-state index in [2.05, 4.69) is 5.32 Å². The van der Waals surface area contributed by atoms with Gasteiger partial charge in [0.25, 0.3) is 0 Å². The molecule has 0 heterocycles. The largest absolute Gasteiger partial charge is 0.356 e. The number of nitrogens with two attached hydrogens (primary N) is 1. The Morgan fingerprint density at radius 2 is 1.88 bits per heavy atom. The Morgan fingerprint density at radius 3 is 2.50 bits per heavy atom. The third-order valence-corrected chi connectivity index (χ3v) is 4.12. The average molecular weight is 224 g/mol. The van der Waals surface area contributed by atoms with Gasteiger partial charge in [-0.1, -0.05) is 12.8 Å². The summed E-state index contributed by atoms with van der Waals surface area (Å²) in [5.41, 5.74) is 5.85. The number of carbonyl (C=O) groups excluding carboxylic acids is 1. The van der Waals surface area contributed by atoms with Gasteiger partial charge in [0, 0.05) is 19.0 Å². The first-order valence-electron chi connectivity index (χ1n) is 6.76. The minimum Gasteiger partial charge on any atom is -0.356 e. The third-order valence-electron chi connectivity index (χ3n) is 4.12. The zero-order valence-electron chi connectivity index (χ0n) is 10.1. The number of nitrogens with one attached hydrogen (secondary N) is 1. The van der Waals surface area contributed by atoms with Crippen LogP contribution in [0.2, 0.25) is 0 Å². The maximum Gasteiger partial charge on any atom is 0.220 e. The minimum absolute atomic E-state index is 0.257. The lowest BCUT2D eigenvalue weighted by Gasteiger charge is -2.13. The predicted molar refractivity (Wildman–Crippen MR) is 64.9 cm³/mol.